The molecule has 0 spiro atoms. The van der Waals surface area contributed by atoms with Crippen LogP contribution in [0.5, 0.6) is 0 Å². The Bertz CT molecular complexity index is 943. The first-order valence-electron chi connectivity index (χ1n) is 6.67. The highest BCUT2D eigenvalue weighted by atomic mass is 35.5. The molecule has 1 aliphatic heterocycles. The number of para-hydroxylation sites is 1. The second-order valence-electron chi connectivity index (χ2n) is 4.73. The Hall–Kier alpha value is -2.03. The van der Waals surface area contributed by atoms with Crippen LogP contribution < -0.4 is 5.32 Å². The summed E-state index contributed by atoms with van der Waals surface area (Å²) < 4.78 is 33.2. The van der Waals surface area contributed by atoms with Crippen molar-refractivity contribution in [2.75, 3.05) is 12.4 Å². The van der Waals surface area contributed by atoms with Crippen molar-refractivity contribution in [3.63, 3.8) is 0 Å². The van der Waals surface area contributed by atoms with E-state index >= 15 is 0 Å². The lowest BCUT2D eigenvalue weighted by molar-refractivity contribution is 0.0600. The van der Waals surface area contributed by atoms with E-state index in [1.165, 1.54) is 19.2 Å². The SMILES string of the molecule is COC(=O)c1cc2c(cc1Cl)SC(Nc1ccccc1)=NS2(=O)=O. The Morgan fingerprint density at radius 2 is 1.96 bits per heavy atom. The summed E-state index contributed by atoms with van der Waals surface area (Å²) >= 11 is 7.19. The second-order valence-corrected chi connectivity index (χ2v) is 7.75. The minimum Gasteiger partial charge on any atom is -0.465 e. The molecular formula is C15H11ClN2O4S2. The molecule has 1 N–H and O–H groups in total. The van der Waals surface area contributed by atoms with Gasteiger partial charge in [-0.15, -0.1) is 4.40 Å². The Balaban J connectivity index is 2.01. The summed E-state index contributed by atoms with van der Waals surface area (Å²) in [5.41, 5.74) is 0.691. The minimum absolute atomic E-state index is 0.0169. The van der Waals surface area contributed by atoms with Gasteiger partial charge in [-0.25, -0.2) is 4.79 Å². The van der Waals surface area contributed by atoms with Gasteiger partial charge in [0.15, 0.2) is 5.17 Å². The normalized spacial score (nSPS) is 15.2. The molecule has 0 saturated carbocycles. The zero-order valence-electron chi connectivity index (χ0n) is 12.3. The number of nitrogens with one attached hydrogen (secondary N) is 1. The topological polar surface area (TPSA) is 84.8 Å². The first-order valence-corrected chi connectivity index (χ1v) is 9.31. The van der Waals surface area contributed by atoms with Gasteiger partial charge in [-0.3, -0.25) is 0 Å². The number of fused-ring (bicyclic) bond motifs is 1. The summed E-state index contributed by atoms with van der Waals surface area (Å²) in [5, 5.41) is 3.26. The lowest BCUT2D eigenvalue weighted by Crippen LogP contribution is -2.17. The van der Waals surface area contributed by atoms with Gasteiger partial charge in [0.1, 0.15) is 4.90 Å². The molecule has 6 nitrogen and oxygen atoms in total. The number of thioether (sulfide) groups is 1. The highest BCUT2D eigenvalue weighted by Gasteiger charge is 2.29. The van der Waals surface area contributed by atoms with Crippen LogP contribution in [-0.2, 0) is 14.8 Å². The molecule has 24 heavy (non-hydrogen) atoms. The maximum Gasteiger partial charge on any atom is 0.339 e. The van der Waals surface area contributed by atoms with E-state index in [-0.39, 0.29) is 20.6 Å². The third kappa shape index (κ3) is 3.26. The molecule has 0 fully saturated rings. The predicted octanol–water partition coefficient (Wildman–Crippen LogP) is 3.39. The maximum atomic E-state index is 12.4. The molecule has 0 aliphatic carbocycles. The van der Waals surface area contributed by atoms with E-state index in [1.54, 1.807) is 12.1 Å². The fourth-order valence-electron chi connectivity index (χ4n) is 2.06. The van der Waals surface area contributed by atoms with E-state index in [1.807, 2.05) is 18.2 Å². The zero-order chi connectivity index (χ0) is 17.3. The number of benzene rings is 2. The number of anilines is 1. The molecular weight excluding hydrogens is 372 g/mol. The van der Waals surface area contributed by atoms with Crippen molar-refractivity contribution < 1.29 is 17.9 Å². The van der Waals surface area contributed by atoms with Crippen molar-refractivity contribution in [3.05, 3.63) is 53.1 Å². The van der Waals surface area contributed by atoms with Crippen LogP contribution in [0.4, 0.5) is 5.69 Å². The number of rotatable bonds is 2. The third-order valence-electron chi connectivity index (χ3n) is 3.15. The van der Waals surface area contributed by atoms with E-state index in [0.717, 1.165) is 11.8 Å². The lowest BCUT2D eigenvalue weighted by atomic mass is 10.2. The van der Waals surface area contributed by atoms with E-state index in [0.29, 0.717) is 10.6 Å². The molecule has 9 heteroatoms. The van der Waals surface area contributed by atoms with Crippen LogP contribution in [0.25, 0.3) is 0 Å². The Morgan fingerprint density at radius 1 is 1.25 bits per heavy atom. The third-order valence-corrected chi connectivity index (χ3v) is 5.97. The van der Waals surface area contributed by atoms with Crippen LogP contribution >= 0.6 is 23.4 Å². The van der Waals surface area contributed by atoms with Crippen molar-refractivity contribution in [2.45, 2.75) is 9.79 Å². The molecule has 124 valence electrons. The number of carbonyl (C=O) groups excluding carboxylic acids is 1. The second kappa shape index (κ2) is 6.46. The maximum absolute atomic E-state index is 12.4. The average Bonchev–Trinajstić information content (AvgIpc) is 2.54. The number of nitrogens with zero attached hydrogens (tertiary/aromatic N) is 1. The van der Waals surface area contributed by atoms with Gasteiger partial charge in [0.2, 0.25) is 0 Å². The molecule has 2 aromatic rings. The van der Waals surface area contributed by atoms with Crippen LogP contribution in [0.3, 0.4) is 0 Å². The Morgan fingerprint density at radius 3 is 2.62 bits per heavy atom. The van der Waals surface area contributed by atoms with Crippen molar-refractivity contribution in [1.82, 2.24) is 0 Å². The standard InChI is InChI=1S/C15H11ClN2O4S2/c1-22-14(19)10-7-13-12(8-11(10)16)23-15(18-24(13,20)21)17-9-5-3-2-4-6-9/h2-8H,1H3,(H,17,18). The smallest absolute Gasteiger partial charge is 0.339 e. The van der Waals surface area contributed by atoms with E-state index in [2.05, 4.69) is 14.5 Å². The van der Waals surface area contributed by atoms with Gasteiger partial charge in [0, 0.05) is 10.6 Å². The number of ether oxygens (including phenoxy) is 1. The number of halogens is 1. The Labute approximate surface area is 147 Å². The summed E-state index contributed by atoms with van der Waals surface area (Å²) in [5.74, 6) is -0.708. The van der Waals surface area contributed by atoms with Gasteiger partial charge in [-0.2, -0.15) is 8.42 Å². The number of esters is 1. The van der Waals surface area contributed by atoms with Gasteiger partial charge < -0.3 is 10.1 Å². The quantitative estimate of drug-likeness (QED) is 0.801. The van der Waals surface area contributed by atoms with E-state index in [9.17, 15) is 13.2 Å². The van der Waals surface area contributed by atoms with Crippen LogP contribution in [-0.4, -0.2) is 26.7 Å². The summed E-state index contributed by atoms with van der Waals surface area (Å²) in [7, 11) is -2.76. The highest BCUT2D eigenvalue weighted by molar-refractivity contribution is 8.15. The average molecular weight is 383 g/mol. The fourth-order valence-corrected chi connectivity index (χ4v) is 4.90. The summed E-state index contributed by atoms with van der Waals surface area (Å²) in [4.78, 5) is 12.0. The van der Waals surface area contributed by atoms with Gasteiger partial charge in [0.05, 0.1) is 17.7 Å². The number of amidine groups is 1. The van der Waals surface area contributed by atoms with Crippen molar-refractivity contribution in [1.29, 1.82) is 0 Å². The summed E-state index contributed by atoms with van der Waals surface area (Å²) in [6, 6.07) is 11.7. The number of sulfonamides is 1. The van der Waals surface area contributed by atoms with Crippen LogP contribution in [0.15, 0.2) is 56.7 Å². The van der Waals surface area contributed by atoms with Crippen LogP contribution in [0.2, 0.25) is 5.02 Å². The molecule has 0 amide bonds. The molecule has 0 aromatic heterocycles. The number of methoxy groups -OCH3 is 1. The van der Waals surface area contributed by atoms with Gasteiger partial charge in [0.25, 0.3) is 10.0 Å². The molecule has 0 unspecified atom stereocenters. The fraction of sp³-hybridized carbons (Fsp3) is 0.0667. The molecule has 0 atom stereocenters. The van der Waals surface area contributed by atoms with E-state index < -0.39 is 16.0 Å². The molecule has 1 aliphatic rings. The predicted molar refractivity (Wildman–Crippen MR) is 93.3 cm³/mol. The minimum atomic E-state index is -3.95. The number of hydrogen-bond acceptors (Lipinski definition) is 6. The molecule has 1 heterocycles. The summed E-state index contributed by atoms with van der Waals surface area (Å²) in [6.07, 6.45) is 0. The first kappa shape index (κ1) is 16.8. The van der Waals surface area contributed by atoms with Crippen molar-refractivity contribution in [2.24, 2.45) is 4.40 Å². The van der Waals surface area contributed by atoms with E-state index in [4.69, 9.17) is 11.6 Å². The first-order chi connectivity index (χ1) is 11.4. The lowest BCUT2D eigenvalue weighted by Gasteiger charge is -2.17. The van der Waals surface area contributed by atoms with Gasteiger partial charge in [-0.05, 0) is 36.0 Å². The molecule has 0 radical (unpaired) electrons. The molecule has 0 bridgehead atoms. The molecule has 3 rings (SSSR count). The van der Waals surface area contributed by atoms with Crippen molar-refractivity contribution in [3.8, 4) is 0 Å². The summed E-state index contributed by atoms with van der Waals surface area (Å²) in [6.45, 7) is 0. The zero-order valence-corrected chi connectivity index (χ0v) is 14.7. The van der Waals surface area contributed by atoms with Crippen LogP contribution in [0.1, 0.15) is 10.4 Å². The Kier molecular flexibility index (Phi) is 4.53. The molecule has 0 saturated heterocycles. The van der Waals surface area contributed by atoms with Crippen LogP contribution in [0, 0.1) is 0 Å². The van der Waals surface area contributed by atoms with Gasteiger partial charge in [-0.1, -0.05) is 29.8 Å². The number of hydrogen-bond donors (Lipinski definition) is 1. The van der Waals surface area contributed by atoms with Gasteiger partial charge >= 0.3 is 5.97 Å². The van der Waals surface area contributed by atoms with Crippen molar-refractivity contribution >= 4 is 50.2 Å². The highest BCUT2D eigenvalue weighted by Crippen LogP contribution is 2.38. The number of carbonyl (C=O) groups is 1. The monoisotopic (exact) mass is 382 g/mol. The largest absolute Gasteiger partial charge is 0.465 e. The molecule has 2 aromatic carbocycles.